The Kier molecular flexibility index (Phi) is 4.84. The van der Waals surface area contributed by atoms with E-state index in [4.69, 9.17) is 16.3 Å². The Morgan fingerprint density at radius 3 is 2.77 bits per heavy atom. The van der Waals surface area contributed by atoms with Crippen molar-refractivity contribution in [1.29, 1.82) is 0 Å². The minimum atomic E-state index is -0.937. The smallest absolute Gasteiger partial charge is 0.273 e. The molecule has 0 saturated carbocycles. The van der Waals surface area contributed by atoms with E-state index in [2.05, 4.69) is 5.10 Å². The third kappa shape index (κ3) is 2.87. The summed E-state index contributed by atoms with van der Waals surface area (Å²) < 4.78 is 6.76. The molecule has 1 aromatic rings. The number of methoxy groups -OCH3 is 1. The summed E-state index contributed by atoms with van der Waals surface area (Å²) in [5.41, 5.74) is -0.995. The molecule has 0 spiro atoms. The van der Waals surface area contributed by atoms with E-state index in [9.17, 15) is 9.90 Å². The van der Waals surface area contributed by atoms with Gasteiger partial charge in [0.2, 0.25) is 0 Å². The van der Waals surface area contributed by atoms with Gasteiger partial charge in [-0.1, -0.05) is 25.4 Å². The molecular weight excluding hydrogens is 306 g/mol. The summed E-state index contributed by atoms with van der Waals surface area (Å²) in [4.78, 5) is 14.5. The highest BCUT2D eigenvalue weighted by atomic mass is 35.5. The van der Waals surface area contributed by atoms with E-state index in [1.54, 1.807) is 16.7 Å². The molecule has 0 unspecified atom stereocenters. The first-order valence-corrected chi connectivity index (χ1v) is 7.85. The van der Waals surface area contributed by atoms with E-state index in [0.29, 0.717) is 36.8 Å². The molecule has 1 aliphatic heterocycles. The van der Waals surface area contributed by atoms with Crippen molar-refractivity contribution in [3.05, 3.63) is 16.9 Å². The zero-order chi connectivity index (χ0) is 16.5. The maximum absolute atomic E-state index is 12.8. The summed E-state index contributed by atoms with van der Waals surface area (Å²) in [6.07, 6.45) is 1.96. The summed E-state index contributed by atoms with van der Waals surface area (Å²) in [6.45, 7) is 7.56. The van der Waals surface area contributed by atoms with Gasteiger partial charge in [-0.2, -0.15) is 5.10 Å². The first kappa shape index (κ1) is 17.2. The molecule has 1 N–H and O–H groups in total. The van der Waals surface area contributed by atoms with Crippen LogP contribution in [-0.4, -0.2) is 58.1 Å². The van der Waals surface area contributed by atoms with Gasteiger partial charge in [0.05, 0.1) is 23.4 Å². The second-order valence-electron chi connectivity index (χ2n) is 6.48. The topological polar surface area (TPSA) is 67.6 Å². The second kappa shape index (κ2) is 6.18. The van der Waals surface area contributed by atoms with Crippen molar-refractivity contribution in [3.8, 4) is 0 Å². The number of carbonyl (C=O) groups is 1. The average molecular weight is 330 g/mol. The zero-order valence-electron chi connectivity index (χ0n) is 13.6. The number of hydrogen-bond donors (Lipinski definition) is 1. The number of carbonyl (C=O) groups excluding carboxylic acids is 1. The van der Waals surface area contributed by atoms with E-state index >= 15 is 0 Å². The van der Waals surface area contributed by atoms with E-state index in [-0.39, 0.29) is 12.5 Å². The summed E-state index contributed by atoms with van der Waals surface area (Å²) in [7, 11) is 1.57. The molecule has 0 aromatic carbocycles. The van der Waals surface area contributed by atoms with Crippen molar-refractivity contribution in [1.82, 2.24) is 14.7 Å². The third-order valence-electron chi connectivity index (χ3n) is 4.61. The van der Waals surface area contributed by atoms with Gasteiger partial charge in [-0.25, -0.2) is 0 Å². The minimum Gasteiger partial charge on any atom is -0.387 e. The Balaban J connectivity index is 2.22. The molecule has 0 bridgehead atoms. The standard InChI is InChI=1S/C15H24ClN3O3/c1-5-19-12(11(16)8-17-19)13(20)18-7-6-15(21,10-22-4)14(2,3)9-18/h8,21H,5-7,9-10H2,1-4H3/t15-/m1/s1. The molecule has 1 aromatic heterocycles. The first-order valence-electron chi connectivity index (χ1n) is 7.47. The lowest BCUT2D eigenvalue weighted by atomic mass is 9.70. The molecule has 1 atom stereocenters. The van der Waals surface area contributed by atoms with Crippen LogP contribution in [0.2, 0.25) is 5.02 Å². The van der Waals surface area contributed by atoms with E-state index < -0.39 is 11.0 Å². The van der Waals surface area contributed by atoms with Crippen LogP contribution in [0.25, 0.3) is 0 Å². The van der Waals surface area contributed by atoms with Crippen LogP contribution in [0.5, 0.6) is 0 Å². The van der Waals surface area contributed by atoms with Crippen LogP contribution in [0.4, 0.5) is 0 Å². The number of piperidine rings is 1. The molecule has 1 saturated heterocycles. The van der Waals surface area contributed by atoms with Crippen molar-refractivity contribution < 1.29 is 14.6 Å². The van der Waals surface area contributed by atoms with Crippen LogP contribution in [0.1, 0.15) is 37.7 Å². The lowest BCUT2D eigenvalue weighted by Gasteiger charge is -2.49. The van der Waals surface area contributed by atoms with E-state index in [0.717, 1.165) is 0 Å². The molecule has 0 radical (unpaired) electrons. The summed E-state index contributed by atoms with van der Waals surface area (Å²) in [5, 5.41) is 15.3. The number of halogens is 1. The van der Waals surface area contributed by atoms with Crippen molar-refractivity contribution in [2.24, 2.45) is 5.41 Å². The fourth-order valence-electron chi connectivity index (χ4n) is 3.01. The normalized spacial score (nSPS) is 24.5. The highest BCUT2D eigenvalue weighted by Crippen LogP contribution is 2.39. The number of likely N-dealkylation sites (tertiary alicyclic amines) is 1. The van der Waals surface area contributed by atoms with Gasteiger partial charge in [0, 0.05) is 32.2 Å². The summed E-state index contributed by atoms with van der Waals surface area (Å²) in [5.74, 6) is -0.142. The van der Waals surface area contributed by atoms with E-state index in [1.165, 1.54) is 6.20 Å². The number of rotatable bonds is 4. The van der Waals surface area contributed by atoms with Gasteiger partial charge in [-0.3, -0.25) is 9.48 Å². The number of amides is 1. The lowest BCUT2D eigenvalue weighted by Crippen LogP contribution is -2.60. The molecule has 2 rings (SSSR count). The number of aryl methyl sites for hydroxylation is 1. The predicted molar refractivity (Wildman–Crippen MR) is 84.0 cm³/mol. The van der Waals surface area contributed by atoms with Gasteiger partial charge in [0.1, 0.15) is 5.69 Å². The van der Waals surface area contributed by atoms with E-state index in [1.807, 2.05) is 20.8 Å². The first-order chi connectivity index (χ1) is 10.3. The SMILES string of the molecule is CCn1ncc(Cl)c1C(=O)N1CC[C@@](O)(COC)C(C)(C)C1. The maximum atomic E-state index is 12.8. The van der Waals surface area contributed by atoms with Crippen LogP contribution in [0.15, 0.2) is 6.20 Å². The van der Waals surface area contributed by atoms with Crippen LogP contribution >= 0.6 is 11.6 Å². The molecule has 1 amide bonds. The Labute approximate surface area is 136 Å². The largest absolute Gasteiger partial charge is 0.387 e. The van der Waals surface area contributed by atoms with Crippen molar-refractivity contribution in [2.45, 2.75) is 39.3 Å². The van der Waals surface area contributed by atoms with Crippen molar-refractivity contribution >= 4 is 17.5 Å². The number of ether oxygens (including phenoxy) is 1. The molecule has 6 nitrogen and oxygen atoms in total. The minimum absolute atomic E-state index is 0.142. The van der Waals surface area contributed by atoms with Gasteiger partial charge in [-0.15, -0.1) is 0 Å². The number of nitrogens with zero attached hydrogens (tertiary/aromatic N) is 3. The van der Waals surface area contributed by atoms with Gasteiger partial charge < -0.3 is 14.7 Å². The molecule has 22 heavy (non-hydrogen) atoms. The van der Waals surface area contributed by atoms with Gasteiger partial charge in [-0.05, 0) is 13.3 Å². The molecular formula is C15H24ClN3O3. The van der Waals surface area contributed by atoms with Crippen LogP contribution in [-0.2, 0) is 11.3 Å². The van der Waals surface area contributed by atoms with Gasteiger partial charge >= 0.3 is 0 Å². The fraction of sp³-hybridized carbons (Fsp3) is 0.733. The maximum Gasteiger partial charge on any atom is 0.273 e. The molecule has 2 heterocycles. The Bertz CT molecular complexity index is 558. The number of aromatic nitrogens is 2. The summed E-state index contributed by atoms with van der Waals surface area (Å²) >= 11 is 6.11. The van der Waals surface area contributed by atoms with Crippen molar-refractivity contribution in [2.75, 3.05) is 26.8 Å². The highest BCUT2D eigenvalue weighted by Gasteiger charge is 2.49. The van der Waals surface area contributed by atoms with Gasteiger partial charge in [0.25, 0.3) is 5.91 Å². The zero-order valence-corrected chi connectivity index (χ0v) is 14.4. The van der Waals surface area contributed by atoms with Crippen LogP contribution < -0.4 is 0 Å². The fourth-order valence-corrected chi connectivity index (χ4v) is 3.23. The number of aliphatic hydroxyl groups is 1. The third-order valence-corrected chi connectivity index (χ3v) is 4.89. The Morgan fingerprint density at radius 2 is 2.23 bits per heavy atom. The molecule has 0 aliphatic carbocycles. The molecule has 124 valence electrons. The Hall–Kier alpha value is -1.11. The number of hydrogen-bond acceptors (Lipinski definition) is 4. The van der Waals surface area contributed by atoms with Crippen molar-refractivity contribution in [3.63, 3.8) is 0 Å². The van der Waals surface area contributed by atoms with Gasteiger partial charge in [0.15, 0.2) is 0 Å². The lowest BCUT2D eigenvalue weighted by molar-refractivity contribution is -0.144. The average Bonchev–Trinajstić information content (AvgIpc) is 2.82. The van der Waals surface area contributed by atoms with Crippen LogP contribution in [0, 0.1) is 5.41 Å². The Morgan fingerprint density at radius 1 is 1.55 bits per heavy atom. The molecule has 7 heteroatoms. The second-order valence-corrected chi connectivity index (χ2v) is 6.89. The predicted octanol–water partition coefficient (Wildman–Crippen LogP) is 1.81. The van der Waals surface area contributed by atoms with Crippen LogP contribution in [0.3, 0.4) is 0 Å². The highest BCUT2D eigenvalue weighted by molar-refractivity contribution is 6.33. The quantitative estimate of drug-likeness (QED) is 0.914. The molecule has 1 fully saturated rings. The monoisotopic (exact) mass is 329 g/mol. The summed E-state index contributed by atoms with van der Waals surface area (Å²) in [6, 6.07) is 0. The molecule has 1 aliphatic rings.